The van der Waals surface area contributed by atoms with Gasteiger partial charge >= 0.3 is 0 Å². The molecule has 20 heavy (non-hydrogen) atoms. The van der Waals surface area contributed by atoms with Crippen LogP contribution >= 0.6 is 0 Å². The number of hydrogen-bond donors (Lipinski definition) is 1. The lowest BCUT2D eigenvalue weighted by Gasteiger charge is -2.38. The van der Waals surface area contributed by atoms with E-state index in [0.29, 0.717) is 13.2 Å². The zero-order valence-electron chi connectivity index (χ0n) is 11.6. The molecule has 1 amide bonds. The zero-order valence-corrected chi connectivity index (χ0v) is 11.6. The molecule has 1 saturated heterocycles. The van der Waals surface area contributed by atoms with Crippen LogP contribution in [0.5, 0.6) is 0 Å². The summed E-state index contributed by atoms with van der Waals surface area (Å²) in [4.78, 5) is 14.4. The molecule has 1 aromatic rings. The minimum absolute atomic E-state index is 0.0323. The lowest BCUT2D eigenvalue weighted by molar-refractivity contribution is -0.150. The molecule has 2 atom stereocenters. The topological polar surface area (TPSA) is 49.8 Å². The van der Waals surface area contributed by atoms with Gasteiger partial charge in [0, 0.05) is 13.2 Å². The highest BCUT2D eigenvalue weighted by atomic mass is 16.5. The van der Waals surface area contributed by atoms with Crippen LogP contribution in [0, 0.1) is 0 Å². The Morgan fingerprint density at radius 1 is 1.35 bits per heavy atom. The molecule has 0 spiro atoms. The number of rotatable bonds is 2. The molecule has 0 radical (unpaired) electrons. The molecular formula is C16H21NO3. The Hall–Kier alpha value is -1.39. The average Bonchev–Trinajstić information content (AvgIpc) is 2.54. The average molecular weight is 275 g/mol. The van der Waals surface area contributed by atoms with Gasteiger partial charge in [-0.05, 0) is 36.8 Å². The number of carbonyl (C=O) groups excluding carboxylic acids is 1. The molecule has 3 rings (SSSR count). The quantitative estimate of drug-likeness (QED) is 0.893. The normalized spacial score (nSPS) is 26.1. The molecule has 1 N–H and O–H groups in total. The van der Waals surface area contributed by atoms with E-state index in [1.807, 2.05) is 18.2 Å². The summed E-state index contributed by atoms with van der Waals surface area (Å²) in [5, 5.41) is 9.72. The van der Waals surface area contributed by atoms with E-state index < -0.39 is 0 Å². The second kappa shape index (κ2) is 5.94. The second-order valence-electron chi connectivity index (χ2n) is 5.53. The first-order chi connectivity index (χ1) is 9.81. The van der Waals surface area contributed by atoms with Gasteiger partial charge in [-0.1, -0.05) is 24.3 Å². The summed E-state index contributed by atoms with van der Waals surface area (Å²) in [6.45, 7) is 1.31. The van der Waals surface area contributed by atoms with E-state index in [4.69, 9.17) is 4.74 Å². The third-order valence-corrected chi connectivity index (χ3v) is 4.32. The number of hydrogen-bond acceptors (Lipinski definition) is 3. The lowest BCUT2D eigenvalue weighted by Crippen LogP contribution is -2.47. The summed E-state index contributed by atoms with van der Waals surface area (Å²) in [7, 11) is 0. The number of ether oxygens (including phenoxy) is 1. The van der Waals surface area contributed by atoms with Crippen molar-refractivity contribution in [1.82, 2.24) is 4.90 Å². The van der Waals surface area contributed by atoms with Crippen LogP contribution in [0.25, 0.3) is 0 Å². The van der Waals surface area contributed by atoms with Crippen molar-refractivity contribution in [2.24, 2.45) is 0 Å². The van der Waals surface area contributed by atoms with Crippen LogP contribution in [-0.2, 0) is 16.0 Å². The number of benzene rings is 1. The van der Waals surface area contributed by atoms with Crippen molar-refractivity contribution in [3.8, 4) is 0 Å². The minimum atomic E-state index is -0.317. The summed E-state index contributed by atoms with van der Waals surface area (Å²) in [5.74, 6) is 0.0400. The maximum atomic E-state index is 12.6. The molecule has 0 unspecified atom stereocenters. The van der Waals surface area contributed by atoms with Gasteiger partial charge < -0.3 is 14.7 Å². The van der Waals surface area contributed by atoms with E-state index in [2.05, 4.69) is 6.07 Å². The summed E-state index contributed by atoms with van der Waals surface area (Å²) >= 11 is 0. The Labute approximate surface area is 119 Å². The predicted octanol–water partition coefficient (Wildman–Crippen LogP) is 1.67. The Morgan fingerprint density at radius 2 is 2.20 bits per heavy atom. The molecule has 0 saturated carbocycles. The van der Waals surface area contributed by atoms with Gasteiger partial charge in [0.2, 0.25) is 0 Å². The highest BCUT2D eigenvalue weighted by Crippen LogP contribution is 2.30. The Balaban J connectivity index is 1.81. The standard InChI is InChI=1S/C16H21NO3/c18-11-14-13-6-2-1-5-12(13)8-9-17(14)16(19)15-7-3-4-10-20-15/h1-2,5-6,14-15,18H,3-4,7-11H2/t14-,15+/m1/s1. The van der Waals surface area contributed by atoms with Gasteiger partial charge in [-0.15, -0.1) is 0 Å². The Kier molecular flexibility index (Phi) is 4.03. The Morgan fingerprint density at radius 3 is 2.95 bits per heavy atom. The monoisotopic (exact) mass is 275 g/mol. The van der Waals surface area contributed by atoms with Gasteiger partial charge in [-0.25, -0.2) is 0 Å². The summed E-state index contributed by atoms with van der Waals surface area (Å²) in [6.07, 6.45) is 3.42. The summed E-state index contributed by atoms with van der Waals surface area (Å²) in [6, 6.07) is 7.84. The van der Waals surface area contributed by atoms with E-state index in [-0.39, 0.29) is 24.7 Å². The highest BCUT2D eigenvalue weighted by molar-refractivity contribution is 5.82. The zero-order chi connectivity index (χ0) is 13.9. The lowest BCUT2D eigenvalue weighted by atomic mass is 9.92. The largest absolute Gasteiger partial charge is 0.394 e. The first-order valence-corrected chi connectivity index (χ1v) is 7.42. The fourth-order valence-corrected chi connectivity index (χ4v) is 3.23. The van der Waals surface area contributed by atoms with Gasteiger partial charge in [0.15, 0.2) is 0 Å². The third kappa shape index (κ3) is 2.45. The predicted molar refractivity (Wildman–Crippen MR) is 75.3 cm³/mol. The van der Waals surface area contributed by atoms with E-state index in [0.717, 1.165) is 31.2 Å². The molecular weight excluding hydrogens is 254 g/mol. The van der Waals surface area contributed by atoms with Crippen molar-refractivity contribution >= 4 is 5.91 Å². The molecule has 1 aromatic carbocycles. The number of carbonyl (C=O) groups is 1. The SMILES string of the molecule is O=C([C@@H]1CCCCO1)N1CCc2ccccc2[C@H]1CO. The Bertz CT molecular complexity index is 482. The number of amides is 1. The van der Waals surface area contributed by atoms with Crippen LogP contribution in [0.15, 0.2) is 24.3 Å². The van der Waals surface area contributed by atoms with Crippen LogP contribution in [0.3, 0.4) is 0 Å². The van der Waals surface area contributed by atoms with Gasteiger partial charge in [0.05, 0.1) is 12.6 Å². The van der Waals surface area contributed by atoms with E-state index in [9.17, 15) is 9.90 Å². The molecule has 0 bridgehead atoms. The molecule has 0 aromatic heterocycles. The maximum Gasteiger partial charge on any atom is 0.252 e. The number of nitrogens with zero attached hydrogens (tertiary/aromatic N) is 1. The molecule has 4 nitrogen and oxygen atoms in total. The van der Waals surface area contributed by atoms with Crippen LogP contribution < -0.4 is 0 Å². The summed E-state index contributed by atoms with van der Waals surface area (Å²) < 4.78 is 5.60. The maximum absolute atomic E-state index is 12.6. The second-order valence-corrected chi connectivity index (χ2v) is 5.53. The molecule has 2 aliphatic rings. The molecule has 0 aliphatic carbocycles. The van der Waals surface area contributed by atoms with Crippen molar-refractivity contribution in [3.63, 3.8) is 0 Å². The molecule has 1 fully saturated rings. The van der Waals surface area contributed by atoms with E-state index in [1.54, 1.807) is 4.90 Å². The highest BCUT2D eigenvalue weighted by Gasteiger charge is 2.34. The fraction of sp³-hybridized carbons (Fsp3) is 0.562. The molecule has 108 valence electrons. The van der Waals surface area contributed by atoms with Gasteiger partial charge in [-0.3, -0.25) is 4.79 Å². The van der Waals surface area contributed by atoms with Gasteiger partial charge in [-0.2, -0.15) is 0 Å². The van der Waals surface area contributed by atoms with Gasteiger partial charge in [0.1, 0.15) is 6.10 Å². The van der Waals surface area contributed by atoms with Crippen LogP contribution in [0.2, 0.25) is 0 Å². The van der Waals surface area contributed by atoms with E-state index in [1.165, 1.54) is 5.56 Å². The summed E-state index contributed by atoms with van der Waals surface area (Å²) in [5.41, 5.74) is 2.31. The number of aliphatic hydroxyl groups excluding tert-OH is 1. The van der Waals surface area contributed by atoms with Crippen LogP contribution in [-0.4, -0.2) is 41.8 Å². The van der Waals surface area contributed by atoms with Crippen molar-refractivity contribution in [3.05, 3.63) is 35.4 Å². The smallest absolute Gasteiger partial charge is 0.252 e. The fourth-order valence-electron chi connectivity index (χ4n) is 3.23. The molecule has 4 heteroatoms. The van der Waals surface area contributed by atoms with E-state index >= 15 is 0 Å². The number of aliphatic hydroxyl groups is 1. The van der Waals surface area contributed by atoms with Gasteiger partial charge in [0.25, 0.3) is 5.91 Å². The number of fused-ring (bicyclic) bond motifs is 1. The molecule has 2 heterocycles. The molecule has 2 aliphatic heterocycles. The van der Waals surface area contributed by atoms with Crippen molar-refractivity contribution < 1.29 is 14.6 Å². The minimum Gasteiger partial charge on any atom is -0.394 e. The van der Waals surface area contributed by atoms with Crippen LogP contribution in [0.1, 0.15) is 36.4 Å². The van der Waals surface area contributed by atoms with Crippen molar-refractivity contribution in [2.75, 3.05) is 19.8 Å². The third-order valence-electron chi connectivity index (χ3n) is 4.32. The van der Waals surface area contributed by atoms with Crippen molar-refractivity contribution in [2.45, 2.75) is 37.8 Å². The first-order valence-electron chi connectivity index (χ1n) is 7.42. The van der Waals surface area contributed by atoms with Crippen LogP contribution in [0.4, 0.5) is 0 Å². The first kappa shape index (κ1) is 13.6. The van der Waals surface area contributed by atoms with Crippen molar-refractivity contribution in [1.29, 1.82) is 0 Å².